The van der Waals surface area contributed by atoms with Gasteiger partial charge in [0, 0.05) is 12.1 Å². The van der Waals surface area contributed by atoms with E-state index < -0.39 is 5.54 Å². The average molecular weight is 434 g/mol. The van der Waals surface area contributed by atoms with E-state index in [9.17, 15) is 9.59 Å². The number of aromatic nitrogens is 2. The number of nitrogens with zero attached hydrogens (tertiary/aromatic N) is 3. The van der Waals surface area contributed by atoms with Crippen molar-refractivity contribution in [3.05, 3.63) is 54.4 Å². The number of benzene rings is 1. The lowest BCUT2D eigenvalue weighted by Crippen LogP contribution is -2.65. The lowest BCUT2D eigenvalue weighted by Gasteiger charge is -2.43. The van der Waals surface area contributed by atoms with Gasteiger partial charge in [-0.2, -0.15) is 5.10 Å². The Balaban J connectivity index is 1.61. The first-order chi connectivity index (χ1) is 15.5. The van der Waals surface area contributed by atoms with Gasteiger partial charge >= 0.3 is 0 Å². The van der Waals surface area contributed by atoms with Gasteiger partial charge in [-0.05, 0) is 44.0 Å². The molecule has 1 aromatic carbocycles. The molecule has 1 aliphatic carbocycles. The highest BCUT2D eigenvalue weighted by atomic mass is 16.5. The molecule has 5 rings (SSSR count). The molecule has 0 spiro atoms. The third kappa shape index (κ3) is 3.26. The van der Waals surface area contributed by atoms with Gasteiger partial charge in [0.2, 0.25) is 5.91 Å². The minimum Gasteiger partial charge on any atom is -0.495 e. The minimum absolute atomic E-state index is 0.131. The van der Waals surface area contributed by atoms with Crippen molar-refractivity contribution in [3.8, 4) is 17.2 Å². The van der Waals surface area contributed by atoms with E-state index in [0.29, 0.717) is 28.6 Å². The van der Waals surface area contributed by atoms with E-state index in [1.165, 1.54) is 0 Å². The van der Waals surface area contributed by atoms with Crippen LogP contribution < -0.4 is 15.0 Å². The summed E-state index contributed by atoms with van der Waals surface area (Å²) in [6.45, 7) is 2.00. The summed E-state index contributed by atoms with van der Waals surface area (Å²) < 4.78 is 12.6. The highest BCUT2D eigenvalue weighted by Crippen LogP contribution is 2.39. The number of rotatable bonds is 5. The van der Waals surface area contributed by atoms with Crippen LogP contribution in [0.2, 0.25) is 0 Å². The Morgan fingerprint density at radius 3 is 2.72 bits per heavy atom. The zero-order valence-corrected chi connectivity index (χ0v) is 18.2. The number of carbonyl (C=O) groups excluding carboxylic acids is 2. The maximum absolute atomic E-state index is 13.8. The topological polar surface area (TPSA) is 89.6 Å². The van der Waals surface area contributed by atoms with E-state index in [2.05, 4.69) is 10.4 Å². The number of furan rings is 1. The molecule has 1 fully saturated rings. The maximum Gasteiger partial charge on any atom is 0.277 e. The zero-order valence-electron chi connectivity index (χ0n) is 18.2. The number of nitrogens with one attached hydrogen (secondary N) is 1. The summed E-state index contributed by atoms with van der Waals surface area (Å²) in [6, 6.07) is 12.7. The lowest BCUT2D eigenvalue weighted by molar-refractivity contribution is -0.127. The van der Waals surface area contributed by atoms with Gasteiger partial charge in [0.25, 0.3) is 5.91 Å². The van der Waals surface area contributed by atoms with Crippen LogP contribution in [-0.4, -0.2) is 40.3 Å². The number of carbonyl (C=O) groups is 2. The summed E-state index contributed by atoms with van der Waals surface area (Å²) in [5.41, 5.74) is 0.316. The van der Waals surface area contributed by atoms with Gasteiger partial charge in [0.05, 0.1) is 25.6 Å². The largest absolute Gasteiger partial charge is 0.495 e. The van der Waals surface area contributed by atoms with Crippen LogP contribution in [0.5, 0.6) is 5.75 Å². The van der Waals surface area contributed by atoms with Crippen molar-refractivity contribution in [2.45, 2.75) is 50.7 Å². The number of amides is 2. The van der Waals surface area contributed by atoms with Gasteiger partial charge in [-0.25, -0.2) is 0 Å². The molecule has 2 amide bonds. The van der Waals surface area contributed by atoms with E-state index >= 15 is 0 Å². The fourth-order valence-corrected chi connectivity index (χ4v) is 4.73. The average Bonchev–Trinajstić information content (AvgIpc) is 3.55. The second-order valence-electron chi connectivity index (χ2n) is 8.59. The molecule has 1 saturated carbocycles. The van der Waals surface area contributed by atoms with Gasteiger partial charge in [-0.3, -0.25) is 19.2 Å². The van der Waals surface area contributed by atoms with E-state index in [1.807, 2.05) is 12.1 Å². The summed E-state index contributed by atoms with van der Waals surface area (Å²) in [5.74, 6) is 0.597. The molecule has 2 aromatic heterocycles. The highest BCUT2D eigenvalue weighted by Gasteiger charge is 2.50. The Morgan fingerprint density at radius 1 is 1.22 bits per heavy atom. The van der Waals surface area contributed by atoms with Crippen LogP contribution in [0.4, 0.5) is 5.69 Å². The first kappa shape index (κ1) is 20.4. The number of hydrogen-bond donors (Lipinski definition) is 1. The molecule has 0 saturated heterocycles. The van der Waals surface area contributed by atoms with Crippen molar-refractivity contribution in [1.29, 1.82) is 0 Å². The fraction of sp³-hybridized carbons (Fsp3) is 0.375. The smallest absolute Gasteiger partial charge is 0.277 e. The molecule has 0 radical (unpaired) electrons. The molecule has 1 aliphatic heterocycles. The molecule has 8 nitrogen and oxygen atoms in total. The molecule has 3 aromatic rings. The minimum atomic E-state index is -1.19. The molecule has 3 heterocycles. The maximum atomic E-state index is 13.8. The van der Waals surface area contributed by atoms with Crippen molar-refractivity contribution in [2.75, 3.05) is 12.0 Å². The fourth-order valence-electron chi connectivity index (χ4n) is 4.73. The SMILES string of the molecule is COc1ccccc1N1C(=O)c2cc(-c3ccco3)nn2CC1(C)C(=O)NC1CCCC1. The number of para-hydroxylation sites is 2. The number of fused-ring (bicyclic) bond motifs is 1. The van der Waals surface area contributed by atoms with Crippen molar-refractivity contribution in [2.24, 2.45) is 0 Å². The molecule has 1 unspecified atom stereocenters. The predicted molar refractivity (Wildman–Crippen MR) is 119 cm³/mol. The summed E-state index contributed by atoms with van der Waals surface area (Å²) in [6.07, 6.45) is 5.69. The van der Waals surface area contributed by atoms with Gasteiger partial charge in [-0.1, -0.05) is 25.0 Å². The molecule has 0 bridgehead atoms. The van der Waals surface area contributed by atoms with Crippen LogP contribution in [0.25, 0.3) is 11.5 Å². The molecule has 1 atom stereocenters. The number of methoxy groups -OCH3 is 1. The van der Waals surface area contributed by atoms with Gasteiger partial charge < -0.3 is 14.5 Å². The third-order valence-corrected chi connectivity index (χ3v) is 6.43. The van der Waals surface area contributed by atoms with Crippen LogP contribution in [-0.2, 0) is 11.3 Å². The van der Waals surface area contributed by atoms with Gasteiger partial charge in [-0.15, -0.1) is 0 Å². The monoisotopic (exact) mass is 434 g/mol. The first-order valence-electron chi connectivity index (χ1n) is 10.9. The second-order valence-corrected chi connectivity index (χ2v) is 8.59. The summed E-state index contributed by atoms with van der Waals surface area (Å²) in [5, 5.41) is 7.77. The molecule has 1 N–H and O–H groups in total. The number of hydrogen-bond acceptors (Lipinski definition) is 5. The van der Waals surface area contributed by atoms with Gasteiger partial charge in [0.1, 0.15) is 22.7 Å². The van der Waals surface area contributed by atoms with Crippen LogP contribution in [0, 0.1) is 0 Å². The van der Waals surface area contributed by atoms with Crippen molar-refractivity contribution >= 4 is 17.5 Å². The van der Waals surface area contributed by atoms with E-state index in [-0.39, 0.29) is 24.4 Å². The standard InChI is InChI=1S/C24H26N4O4/c1-24(23(30)25-16-8-3-4-9-16)15-27-19(14-17(26-27)20-12-7-13-32-20)22(29)28(24)18-10-5-6-11-21(18)31-2/h5-7,10-14,16H,3-4,8-9,15H2,1-2H3,(H,25,30). The Labute approximate surface area is 186 Å². The third-order valence-electron chi connectivity index (χ3n) is 6.43. The van der Waals surface area contributed by atoms with E-state index in [4.69, 9.17) is 9.15 Å². The quantitative estimate of drug-likeness (QED) is 0.662. The Bertz CT molecular complexity index is 1150. The van der Waals surface area contributed by atoms with Crippen LogP contribution >= 0.6 is 0 Å². The van der Waals surface area contributed by atoms with Crippen LogP contribution in [0.3, 0.4) is 0 Å². The van der Waals surface area contributed by atoms with Crippen LogP contribution in [0.15, 0.2) is 53.1 Å². The summed E-state index contributed by atoms with van der Waals surface area (Å²) in [4.78, 5) is 29.0. The molecule has 8 heteroatoms. The van der Waals surface area contributed by atoms with Crippen LogP contribution in [0.1, 0.15) is 43.1 Å². The summed E-state index contributed by atoms with van der Waals surface area (Å²) >= 11 is 0. The zero-order chi connectivity index (χ0) is 22.3. The van der Waals surface area contributed by atoms with Gasteiger partial charge in [0.15, 0.2) is 5.76 Å². The molecule has 32 heavy (non-hydrogen) atoms. The molecule has 166 valence electrons. The number of ether oxygens (including phenoxy) is 1. The summed E-state index contributed by atoms with van der Waals surface area (Å²) in [7, 11) is 1.56. The van der Waals surface area contributed by atoms with Crippen molar-refractivity contribution in [1.82, 2.24) is 15.1 Å². The van der Waals surface area contributed by atoms with E-state index in [0.717, 1.165) is 25.7 Å². The molecule has 2 aliphatic rings. The second kappa shape index (κ2) is 7.85. The molecular formula is C24H26N4O4. The van der Waals surface area contributed by atoms with Crippen molar-refractivity contribution < 1.29 is 18.7 Å². The first-order valence-corrected chi connectivity index (χ1v) is 10.9. The van der Waals surface area contributed by atoms with Crippen molar-refractivity contribution in [3.63, 3.8) is 0 Å². The Morgan fingerprint density at radius 2 is 2.00 bits per heavy atom. The predicted octanol–water partition coefficient (Wildman–Crippen LogP) is 3.63. The van der Waals surface area contributed by atoms with E-state index in [1.54, 1.807) is 60.2 Å². The normalized spacial score (nSPS) is 20.9. The Hall–Kier alpha value is -3.55. The lowest BCUT2D eigenvalue weighted by atomic mass is 9.93. The molecular weight excluding hydrogens is 408 g/mol. The Kier molecular flexibility index (Phi) is 5.00. The highest BCUT2D eigenvalue weighted by molar-refractivity contribution is 6.12. The number of anilines is 1.